The van der Waals surface area contributed by atoms with Crippen molar-refractivity contribution in [1.29, 1.82) is 0 Å². The predicted octanol–water partition coefficient (Wildman–Crippen LogP) is 3.83. The molecule has 23 heavy (non-hydrogen) atoms. The first kappa shape index (κ1) is 14.7. The summed E-state index contributed by atoms with van der Waals surface area (Å²) in [4.78, 5) is 20.0. The number of carbonyl (C=O) groups excluding carboxylic acids is 1. The summed E-state index contributed by atoms with van der Waals surface area (Å²) in [6.45, 7) is 1.81. The number of nitrogens with zero attached hydrogens (tertiary/aromatic N) is 2. The summed E-state index contributed by atoms with van der Waals surface area (Å²) in [6, 6.07) is 18.3. The standard InChI is InChI=1S/C18H15N3O2/c1-13-11-17(20-12-19-13)18(22)21-14-7-9-16(10-8-14)23-15-5-3-2-4-6-15/h2-12H,1H3,(H,21,22). The summed E-state index contributed by atoms with van der Waals surface area (Å²) in [5, 5.41) is 2.79. The van der Waals surface area contributed by atoms with Crippen LogP contribution in [0.2, 0.25) is 0 Å². The van der Waals surface area contributed by atoms with Gasteiger partial charge in [-0.15, -0.1) is 0 Å². The lowest BCUT2D eigenvalue weighted by Crippen LogP contribution is -2.14. The van der Waals surface area contributed by atoms with E-state index in [1.165, 1.54) is 6.33 Å². The van der Waals surface area contributed by atoms with Crippen LogP contribution in [0.3, 0.4) is 0 Å². The van der Waals surface area contributed by atoms with E-state index in [1.54, 1.807) is 30.3 Å². The number of hydrogen-bond donors (Lipinski definition) is 1. The maximum Gasteiger partial charge on any atom is 0.274 e. The Bertz CT molecular complexity index is 802. The van der Waals surface area contributed by atoms with E-state index < -0.39 is 0 Å². The molecule has 0 aliphatic heterocycles. The van der Waals surface area contributed by atoms with Gasteiger partial charge in [0.25, 0.3) is 5.91 Å². The highest BCUT2D eigenvalue weighted by molar-refractivity contribution is 6.02. The van der Waals surface area contributed by atoms with Crippen LogP contribution in [0, 0.1) is 6.92 Å². The minimum Gasteiger partial charge on any atom is -0.457 e. The molecular formula is C18H15N3O2. The second kappa shape index (κ2) is 6.70. The first-order valence-electron chi connectivity index (χ1n) is 7.14. The number of hydrogen-bond acceptors (Lipinski definition) is 4. The van der Waals surface area contributed by atoms with Crippen molar-refractivity contribution in [3.05, 3.63) is 78.4 Å². The lowest BCUT2D eigenvalue weighted by molar-refractivity contribution is 0.102. The van der Waals surface area contributed by atoms with Crippen LogP contribution >= 0.6 is 0 Å². The molecule has 0 bridgehead atoms. The predicted molar refractivity (Wildman–Crippen MR) is 87.7 cm³/mol. The van der Waals surface area contributed by atoms with E-state index in [-0.39, 0.29) is 5.91 Å². The third-order valence-electron chi connectivity index (χ3n) is 3.13. The Morgan fingerprint density at radius 2 is 1.65 bits per heavy atom. The van der Waals surface area contributed by atoms with Crippen LogP contribution in [0.1, 0.15) is 16.2 Å². The minimum atomic E-state index is -0.271. The Kier molecular flexibility index (Phi) is 4.29. The molecular weight excluding hydrogens is 290 g/mol. The van der Waals surface area contributed by atoms with Gasteiger partial charge in [-0.25, -0.2) is 9.97 Å². The number of aromatic nitrogens is 2. The molecule has 1 N–H and O–H groups in total. The molecule has 0 atom stereocenters. The molecule has 0 unspecified atom stereocenters. The summed E-state index contributed by atoms with van der Waals surface area (Å²) < 4.78 is 5.71. The zero-order valence-electron chi connectivity index (χ0n) is 12.6. The largest absolute Gasteiger partial charge is 0.457 e. The molecule has 0 aliphatic rings. The van der Waals surface area contributed by atoms with Crippen LogP contribution < -0.4 is 10.1 Å². The van der Waals surface area contributed by atoms with E-state index in [4.69, 9.17) is 4.74 Å². The van der Waals surface area contributed by atoms with Gasteiger partial charge in [0.2, 0.25) is 0 Å². The fraction of sp³-hybridized carbons (Fsp3) is 0.0556. The van der Waals surface area contributed by atoms with Crippen LogP contribution in [-0.4, -0.2) is 15.9 Å². The number of benzene rings is 2. The molecule has 1 aromatic heterocycles. The topological polar surface area (TPSA) is 64.1 Å². The number of aryl methyl sites for hydroxylation is 1. The molecule has 0 radical (unpaired) electrons. The van der Waals surface area contributed by atoms with Gasteiger partial charge in [0.15, 0.2) is 0 Å². The Morgan fingerprint density at radius 3 is 2.35 bits per heavy atom. The third kappa shape index (κ3) is 3.91. The van der Waals surface area contributed by atoms with Gasteiger partial charge in [-0.05, 0) is 49.4 Å². The molecule has 2 aromatic carbocycles. The molecule has 0 spiro atoms. The Balaban J connectivity index is 1.67. The smallest absolute Gasteiger partial charge is 0.274 e. The zero-order valence-corrected chi connectivity index (χ0v) is 12.6. The summed E-state index contributed by atoms with van der Waals surface area (Å²) in [7, 11) is 0. The number of anilines is 1. The second-order valence-electron chi connectivity index (χ2n) is 4.94. The molecule has 0 fully saturated rings. The highest BCUT2D eigenvalue weighted by Gasteiger charge is 2.08. The average Bonchev–Trinajstić information content (AvgIpc) is 2.57. The maximum atomic E-state index is 12.1. The van der Waals surface area contributed by atoms with E-state index >= 15 is 0 Å². The molecule has 1 amide bonds. The van der Waals surface area contributed by atoms with Gasteiger partial charge in [0, 0.05) is 11.4 Å². The van der Waals surface area contributed by atoms with E-state index in [2.05, 4.69) is 15.3 Å². The summed E-state index contributed by atoms with van der Waals surface area (Å²) in [5.41, 5.74) is 1.76. The Morgan fingerprint density at radius 1 is 0.957 bits per heavy atom. The van der Waals surface area contributed by atoms with E-state index in [9.17, 15) is 4.79 Å². The van der Waals surface area contributed by atoms with Gasteiger partial charge in [0.1, 0.15) is 23.5 Å². The molecule has 5 heteroatoms. The van der Waals surface area contributed by atoms with E-state index in [1.807, 2.05) is 37.3 Å². The highest BCUT2D eigenvalue weighted by atomic mass is 16.5. The molecule has 3 rings (SSSR count). The minimum absolute atomic E-state index is 0.271. The van der Waals surface area contributed by atoms with Crippen LogP contribution in [0.4, 0.5) is 5.69 Å². The van der Waals surface area contributed by atoms with Crippen molar-refractivity contribution in [2.45, 2.75) is 6.92 Å². The highest BCUT2D eigenvalue weighted by Crippen LogP contribution is 2.22. The quantitative estimate of drug-likeness (QED) is 0.795. The van der Waals surface area contributed by atoms with Crippen molar-refractivity contribution in [2.75, 3.05) is 5.32 Å². The lowest BCUT2D eigenvalue weighted by atomic mass is 10.2. The number of para-hydroxylation sites is 1. The van der Waals surface area contributed by atoms with Gasteiger partial charge in [0.05, 0.1) is 0 Å². The lowest BCUT2D eigenvalue weighted by Gasteiger charge is -2.08. The van der Waals surface area contributed by atoms with E-state index in [0.717, 1.165) is 11.4 Å². The second-order valence-corrected chi connectivity index (χ2v) is 4.94. The summed E-state index contributed by atoms with van der Waals surface area (Å²) >= 11 is 0. The average molecular weight is 305 g/mol. The Labute approximate surface area is 134 Å². The van der Waals surface area contributed by atoms with Gasteiger partial charge in [-0.2, -0.15) is 0 Å². The first-order chi connectivity index (χ1) is 11.2. The van der Waals surface area contributed by atoms with Crippen molar-refractivity contribution in [3.63, 3.8) is 0 Å². The maximum absolute atomic E-state index is 12.1. The van der Waals surface area contributed by atoms with Gasteiger partial charge >= 0.3 is 0 Å². The van der Waals surface area contributed by atoms with Gasteiger partial charge in [-0.1, -0.05) is 18.2 Å². The number of amides is 1. The number of ether oxygens (including phenoxy) is 1. The Hall–Kier alpha value is -3.21. The number of carbonyl (C=O) groups is 1. The molecule has 1 heterocycles. The zero-order chi connectivity index (χ0) is 16.1. The molecule has 0 saturated carbocycles. The molecule has 5 nitrogen and oxygen atoms in total. The van der Waals surface area contributed by atoms with Crippen molar-refractivity contribution >= 4 is 11.6 Å². The van der Waals surface area contributed by atoms with Crippen molar-refractivity contribution < 1.29 is 9.53 Å². The molecule has 0 aliphatic carbocycles. The van der Waals surface area contributed by atoms with Crippen LogP contribution in [0.15, 0.2) is 67.0 Å². The van der Waals surface area contributed by atoms with Crippen molar-refractivity contribution in [2.24, 2.45) is 0 Å². The summed E-state index contributed by atoms with van der Waals surface area (Å²) in [5.74, 6) is 1.19. The van der Waals surface area contributed by atoms with Gasteiger partial charge in [-0.3, -0.25) is 4.79 Å². The summed E-state index contributed by atoms with van der Waals surface area (Å²) in [6.07, 6.45) is 1.38. The molecule has 0 saturated heterocycles. The third-order valence-corrected chi connectivity index (χ3v) is 3.13. The number of rotatable bonds is 4. The fourth-order valence-electron chi connectivity index (χ4n) is 2.00. The normalized spacial score (nSPS) is 10.1. The van der Waals surface area contributed by atoms with Crippen LogP contribution in [0.25, 0.3) is 0 Å². The monoisotopic (exact) mass is 305 g/mol. The van der Waals surface area contributed by atoms with Crippen LogP contribution in [0.5, 0.6) is 11.5 Å². The van der Waals surface area contributed by atoms with Gasteiger partial charge < -0.3 is 10.1 Å². The molecule has 114 valence electrons. The van der Waals surface area contributed by atoms with Crippen LogP contribution in [-0.2, 0) is 0 Å². The number of nitrogens with one attached hydrogen (secondary N) is 1. The van der Waals surface area contributed by atoms with Crippen molar-refractivity contribution in [3.8, 4) is 11.5 Å². The first-order valence-corrected chi connectivity index (χ1v) is 7.14. The molecule has 3 aromatic rings. The van der Waals surface area contributed by atoms with Crippen molar-refractivity contribution in [1.82, 2.24) is 9.97 Å². The SMILES string of the molecule is Cc1cc(C(=O)Nc2ccc(Oc3ccccc3)cc2)ncn1. The fourth-order valence-corrected chi connectivity index (χ4v) is 2.00. The van der Waals surface area contributed by atoms with E-state index in [0.29, 0.717) is 17.1 Å².